The maximum absolute atomic E-state index is 10.7. The third-order valence-electron chi connectivity index (χ3n) is 2.99. The van der Waals surface area contributed by atoms with Gasteiger partial charge in [-0.3, -0.25) is 4.79 Å². The van der Waals surface area contributed by atoms with Gasteiger partial charge in [-0.2, -0.15) is 0 Å². The highest BCUT2D eigenvalue weighted by molar-refractivity contribution is 5.66. The van der Waals surface area contributed by atoms with Gasteiger partial charge < -0.3 is 4.74 Å². The molecule has 0 spiro atoms. The summed E-state index contributed by atoms with van der Waals surface area (Å²) < 4.78 is 5.08. The molecule has 0 radical (unpaired) electrons. The largest absolute Gasteiger partial charge is 0.463 e. The summed E-state index contributed by atoms with van der Waals surface area (Å²) in [6, 6.07) is 0. The van der Waals surface area contributed by atoms with E-state index < -0.39 is 0 Å². The fraction of sp³-hybridized carbons (Fsp3) is 0.812. The van der Waals surface area contributed by atoms with Crippen LogP contribution in [0, 0.1) is 0 Å². The molecule has 0 fully saturated rings. The summed E-state index contributed by atoms with van der Waals surface area (Å²) in [6.07, 6.45) is 15.7. The van der Waals surface area contributed by atoms with Crippen LogP contribution in [0.5, 0.6) is 0 Å². The maximum Gasteiger partial charge on any atom is 0.302 e. The first-order valence-electron chi connectivity index (χ1n) is 7.49. The lowest BCUT2D eigenvalue weighted by molar-refractivity contribution is -0.145. The molecule has 2 heteroatoms. The van der Waals surface area contributed by atoms with E-state index >= 15 is 0 Å². The van der Waals surface area contributed by atoms with E-state index in [9.17, 15) is 4.79 Å². The lowest BCUT2D eigenvalue weighted by Gasteiger charge is -2.10. The van der Waals surface area contributed by atoms with Crippen LogP contribution in [-0.2, 0) is 9.53 Å². The van der Waals surface area contributed by atoms with Gasteiger partial charge in [0.25, 0.3) is 0 Å². The van der Waals surface area contributed by atoms with Crippen LogP contribution < -0.4 is 0 Å². The summed E-state index contributed by atoms with van der Waals surface area (Å²) in [5.74, 6) is -0.167. The van der Waals surface area contributed by atoms with Gasteiger partial charge in [-0.25, -0.2) is 0 Å². The SMILES string of the molecule is CCCC/C=C\CCCCCCC(C)OC(C)=O. The summed E-state index contributed by atoms with van der Waals surface area (Å²) in [4.78, 5) is 10.7. The molecule has 1 unspecified atom stereocenters. The number of allylic oxidation sites excluding steroid dienone is 2. The van der Waals surface area contributed by atoms with Crippen LogP contribution in [-0.4, -0.2) is 12.1 Å². The third-order valence-corrected chi connectivity index (χ3v) is 2.99. The third kappa shape index (κ3) is 13.3. The molecule has 0 saturated carbocycles. The molecule has 0 aliphatic heterocycles. The van der Waals surface area contributed by atoms with Crippen molar-refractivity contribution >= 4 is 5.97 Å². The normalized spacial score (nSPS) is 12.8. The lowest BCUT2D eigenvalue weighted by atomic mass is 10.1. The molecule has 0 bridgehead atoms. The molecule has 18 heavy (non-hydrogen) atoms. The summed E-state index contributed by atoms with van der Waals surface area (Å²) in [5.41, 5.74) is 0. The standard InChI is InChI=1S/C16H30O2/c1-4-5-6-7-8-9-10-11-12-13-14-15(2)18-16(3)17/h7-8,15H,4-6,9-14H2,1-3H3/b8-7-. The predicted molar refractivity (Wildman–Crippen MR) is 77.6 cm³/mol. The predicted octanol–water partition coefficient (Wildman–Crippen LogP) is 5.03. The van der Waals surface area contributed by atoms with Crippen LogP contribution in [0.1, 0.15) is 78.6 Å². The van der Waals surface area contributed by atoms with E-state index in [4.69, 9.17) is 4.74 Å². The zero-order chi connectivity index (χ0) is 13.6. The highest BCUT2D eigenvalue weighted by Gasteiger charge is 2.03. The van der Waals surface area contributed by atoms with E-state index in [1.807, 2.05) is 6.92 Å². The quantitative estimate of drug-likeness (QED) is 0.294. The molecule has 0 aliphatic rings. The Hall–Kier alpha value is -0.790. The summed E-state index contributed by atoms with van der Waals surface area (Å²) in [5, 5.41) is 0. The molecule has 0 N–H and O–H groups in total. The highest BCUT2D eigenvalue weighted by Crippen LogP contribution is 2.10. The summed E-state index contributed by atoms with van der Waals surface area (Å²) in [7, 11) is 0. The fourth-order valence-electron chi connectivity index (χ4n) is 1.95. The fourth-order valence-corrected chi connectivity index (χ4v) is 1.95. The van der Waals surface area contributed by atoms with Gasteiger partial charge in [0.15, 0.2) is 0 Å². The molecule has 0 aromatic heterocycles. The molecular weight excluding hydrogens is 224 g/mol. The molecule has 1 atom stereocenters. The van der Waals surface area contributed by atoms with Crippen molar-refractivity contribution in [3.8, 4) is 0 Å². The Morgan fingerprint density at radius 3 is 2.28 bits per heavy atom. The second-order valence-corrected chi connectivity index (χ2v) is 5.03. The van der Waals surface area contributed by atoms with Crippen LogP contribution in [0.3, 0.4) is 0 Å². The number of esters is 1. The Labute approximate surface area is 113 Å². The van der Waals surface area contributed by atoms with Gasteiger partial charge in [0.05, 0.1) is 6.10 Å². The van der Waals surface area contributed by atoms with E-state index in [0.29, 0.717) is 0 Å². The van der Waals surface area contributed by atoms with Crippen molar-refractivity contribution in [2.24, 2.45) is 0 Å². The van der Waals surface area contributed by atoms with Crippen molar-refractivity contribution in [3.63, 3.8) is 0 Å². The first kappa shape index (κ1) is 17.2. The Morgan fingerprint density at radius 1 is 1.06 bits per heavy atom. The van der Waals surface area contributed by atoms with Gasteiger partial charge in [-0.1, -0.05) is 44.8 Å². The molecule has 106 valence electrons. The Kier molecular flexibility index (Phi) is 12.1. The zero-order valence-electron chi connectivity index (χ0n) is 12.4. The smallest absolute Gasteiger partial charge is 0.302 e. The minimum absolute atomic E-state index is 0.0800. The molecule has 0 heterocycles. The van der Waals surface area contributed by atoms with E-state index in [2.05, 4.69) is 19.1 Å². The molecule has 0 amide bonds. The van der Waals surface area contributed by atoms with E-state index in [-0.39, 0.29) is 12.1 Å². The van der Waals surface area contributed by atoms with Gasteiger partial charge in [0.1, 0.15) is 0 Å². The minimum Gasteiger partial charge on any atom is -0.463 e. The van der Waals surface area contributed by atoms with E-state index in [1.54, 1.807) is 0 Å². The number of carbonyl (C=O) groups is 1. The van der Waals surface area contributed by atoms with E-state index in [1.165, 1.54) is 51.9 Å². The summed E-state index contributed by atoms with van der Waals surface area (Å²) >= 11 is 0. The topological polar surface area (TPSA) is 26.3 Å². The lowest BCUT2D eigenvalue weighted by Crippen LogP contribution is -2.11. The molecule has 0 saturated heterocycles. The molecule has 2 nitrogen and oxygen atoms in total. The molecule has 0 aromatic rings. The first-order valence-corrected chi connectivity index (χ1v) is 7.49. The summed E-state index contributed by atoms with van der Waals surface area (Å²) in [6.45, 7) is 5.67. The number of hydrogen-bond donors (Lipinski definition) is 0. The van der Waals surface area contributed by atoms with Crippen LogP contribution in [0.2, 0.25) is 0 Å². The Morgan fingerprint density at radius 2 is 1.67 bits per heavy atom. The number of unbranched alkanes of at least 4 members (excludes halogenated alkanes) is 6. The van der Waals surface area contributed by atoms with Gasteiger partial charge in [-0.05, 0) is 39.0 Å². The molecule has 0 aliphatic carbocycles. The number of rotatable bonds is 11. The van der Waals surface area contributed by atoms with Crippen LogP contribution in [0.4, 0.5) is 0 Å². The first-order chi connectivity index (χ1) is 8.66. The van der Waals surface area contributed by atoms with Crippen molar-refractivity contribution in [3.05, 3.63) is 12.2 Å². The van der Waals surface area contributed by atoms with Crippen molar-refractivity contribution in [1.29, 1.82) is 0 Å². The van der Waals surface area contributed by atoms with Gasteiger partial charge in [0.2, 0.25) is 0 Å². The van der Waals surface area contributed by atoms with Crippen molar-refractivity contribution in [1.82, 2.24) is 0 Å². The van der Waals surface area contributed by atoms with Gasteiger partial charge >= 0.3 is 5.97 Å². The van der Waals surface area contributed by atoms with Crippen LogP contribution in [0.25, 0.3) is 0 Å². The second kappa shape index (κ2) is 12.7. The van der Waals surface area contributed by atoms with Crippen LogP contribution in [0.15, 0.2) is 12.2 Å². The molecule has 0 aromatic carbocycles. The van der Waals surface area contributed by atoms with Crippen molar-refractivity contribution in [2.75, 3.05) is 0 Å². The highest BCUT2D eigenvalue weighted by atomic mass is 16.5. The average Bonchev–Trinajstić information content (AvgIpc) is 2.30. The minimum atomic E-state index is -0.167. The van der Waals surface area contributed by atoms with Gasteiger partial charge in [-0.15, -0.1) is 0 Å². The zero-order valence-corrected chi connectivity index (χ0v) is 12.4. The van der Waals surface area contributed by atoms with Crippen molar-refractivity contribution in [2.45, 2.75) is 84.7 Å². The number of ether oxygens (including phenoxy) is 1. The van der Waals surface area contributed by atoms with E-state index in [0.717, 1.165) is 12.8 Å². The average molecular weight is 254 g/mol. The molecular formula is C16H30O2. The number of hydrogen-bond acceptors (Lipinski definition) is 2. The van der Waals surface area contributed by atoms with Crippen LogP contribution >= 0.6 is 0 Å². The van der Waals surface area contributed by atoms with Crippen molar-refractivity contribution < 1.29 is 9.53 Å². The molecule has 0 rings (SSSR count). The number of carbonyl (C=O) groups excluding carboxylic acids is 1. The monoisotopic (exact) mass is 254 g/mol. The Balaban J connectivity index is 3.20. The Bertz CT molecular complexity index is 221. The second-order valence-electron chi connectivity index (χ2n) is 5.03. The maximum atomic E-state index is 10.7. The van der Waals surface area contributed by atoms with Gasteiger partial charge in [0, 0.05) is 6.92 Å².